The van der Waals surface area contributed by atoms with E-state index in [2.05, 4.69) is 9.97 Å². The van der Waals surface area contributed by atoms with Crippen LogP contribution in [0.25, 0.3) is 11.0 Å². The van der Waals surface area contributed by atoms with Crippen molar-refractivity contribution in [2.45, 2.75) is 37.8 Å². The molecule has 178 valence electrons. The number of anilines is 1. The molecule has 1 amide bonds. The molecule has 0 saturated carbocycles. The van der Waals surface area contributed by atoms with E-state index in [-0.39, 0.29) is 18.2 Å². The van der Waals surface area contributed by atoms with Crippen LogP contribution in [0.1, 0.15) is 37.3 Å². The zero-order chi connectivity index (χ0) is 23.5. The molecule has 34 heavy (non-hydrogen) atoms. The number of hydrogen-bond acceptors (Lipinski definition) is 8. The fourth-order valence-electron chi connectivity index (χ4n) is 4.41. The number of hydrogen-bond donors (Lipinski definition) is 1. The van der Waals surface area contributed by atoms with Crippen molar-refractivity contribution >= 4 is 22.8 Å². The molecule has 3 aromatic rings. The number of fused-ring (bicyclic) bond motifs is 2. The van der Waals surface area contributed by atoms with E-state index in [0.717, 1.165) is 48.0 Å². The van der Waals surface area contributed by atoms with E-state index in [4.69, 9.17) is 24.7 Å². The van der Waals surface area contributed by atoms with Crippen LogP contribution in [0.2, 0.25) is 0 Å². The molecule has 0 bridgehead atoms. The van der Waals surface area contributed by atoms with Gasteiger partial charge in [-0.2, -0.15) is 0 Å². The smallest absolute Gasteiger partial charge is 0.414 e. The summed E-state index contributed by atoms with van der Waals surface area (Å²) in [6, 6.07) is 11.0. The first kappa shape index (κ1) is 22.2. The van der Waals surface area contributed by atoms with E-state index >= 15 is 0 Å². The fraction of sp³-hybridized carbons (Fsp3) is 0.400. The molecular formula is C25H28N4O5. The Balaban J connectivity index is 1.14. The number of rotatable bonds is 8. The van der Waals surface area contributed by atoms with Crippen LogP contribution in [-0.2, 0) is 4.74 Å². The molecule has 2 atom stereocenters. The average molecular weight is 465 g/mol. The molecule has 5 rings (SSSR count). The van der Waals surface area contributed by atoms with Gasteiger partial charge in [-0.1, -0.05) is 6.42 Å². The Morgan fingerprint density at radius 2 is 2.00 bits per heavy atom. The number of aromatic nitrogens is 2. The number of cyclic esters (lactones) is 1. The van der Waals surface area contributed by atoms with Crippen molar-refractivity contribution in [2.75, 3.05) is 31.8 Å². The van der Waals surface area contributed by atoms with Crippen molar-refractivity contribution in [3.8, 4) is 17.4 Å². The Kier molecular flexibility index (Phi) is 6.35. The van der Waals surface area contributed by atoms with Gasteiger partial charge in [0.15, 0.2) is 11.5 Å². The van der Waals surface area contributed by atoms with Gasteiger partial charge in [0.2, 0.25) is 5.88 Å². The molecule has 9 nitrogen and oxygen atoms in total. The summed E-state index contributed by atoms with van der Waals surface area (Å²) in [6.45, 7) is 1.56. The summed E-state index contributed by atoms with van der Waals surface area (Å²) in [5.74, 6) is 1.90. The van der Waals surface area contributed by atoms with Gasteiger partial charge in [-0.25, -0.2) is 9.78 Å². The highest BCUT2D eigenvalue weighted by Crippen LogP contribution is 2.35. The number of ether oxygens (including phenoxy) is 4. The van der Waals surface area contributed by atoms with Crippen molar-refractivity contribution in [1.29, 1.82) is 0 Å². The molecule has 0 spiro atoms. The number of carbonyl (C=O) groups excluding carboxylic acids is 1. The second-order valence-corrected chi connectivity index (χ2v) is 8.46. The second-order valence-electron chi connectivity index (χ2n) is 8.46. The number of pyridine rings is 2. The van der Waals surface area contributed by atoms with Crippen LogP contribution in [0.3, 0.4) is 0 Å². The SMILES string of the molecule is COc1ccc2nccc(C(N)CCCCC3CN(c4ccc5c(c4)OCCO5)C(=O)O3)c2n1. The lowest BCUT2D eigenvalue weighted by Gasteiger charge is -2.21. The first-order chi connectivity index (χ1) is 16.6. The zero-order valence-corrected chi connectivity index (χ0v) is 19.1. The summed E-state index contributed by atoms with van der Waals surface area (Å²) in [4.78, 5) is 23.0. The lowest BCUT2D eigenvalue weighted by molar-refractivity contribution is 0.135. The number of methoxy groups -OCH3 is 1. The average Bonchev–Trinajstić information content (AvgIpc) is 3.25. The number of nitrogens with zero attached hydrogens (tertiary/aromatic N) is 3. The lowest BCUT2D eigenvalue weighted by Crippen LogP contribution is -2.25. The fourth-order valence-corrected chi connectivity index (χ4v) is 4.41. The largest absolute Gasteiger partial charge is 0.486 e. The minimum Gasteiger partial charge on any atom is -0.486 e. The highest BCUT2D eigenvalue weighted by Gasteiger charge is 2.32. The first-order valence-electron chi connectivity index (χ1n) is 11.6. The number of amides is 1. The lowest BCUT2D eigenvalue weighted by atomic mass is 9.99. The van der Waals surface area contributed by atoms with Crippen molar-refractivity contribution in [2.24, 2.45) is 5.73 Å². The molecule has 9 heteroatoms. The van der Waals surface area contributed by atoms with E-state index in [1.54, 1.807) is 24.3 Å². The van der Waals surface area contributed by atoms with Gasteiger partial charge in [-0.15, -0.1) is 0 Å². The normalized spacial score (nSPS) is 18.1. The summed E-state index contributed by atoms with van der Waals surface area (Å²) in [5, 5.41) is 0. The summed E-state index contributed by atoms with van der Waals surface area (Å²) in [7, 11) is 1.59. The van der Waals surface area contributed by atoms with Crippen molar-refractivity contribution in [1.82, 2.24) is 9.97 Å². The van der Waals surface area contributed by atoms with E-state index in [0.29, 0.717) is 37.1 Å². The van der Waals surface area contributed by atoms with Crippen molar-refractivity contribution in [3.05, 3.63) is 48.2 Å². The number of nitrogens with two attached hydrogens (primary N) is 1. The molecule has 4 heterocycles. The Morgan fingerprint density at radius 1 is 1.15 bits per heavy atom. The van der Waals surface area contributed by atoms with Crippen LogP contribution < -0.4 is 24.8 Å². The van der Waals surface area contributed by atoms with Gasteiger partial charge in [-0.05, 0) is 49.1 Å². The summed E-state index contributed by atoms with van der Waals surface area (Å²) >= 11 is 0. The third-order valence-electron chi connectivity index (χ3n) is 6.20. The molecule has 0 aliphatic carbocycles. The van der Waals surface area contributed by atoms with Crippen LogP contribution in [0.4, 0.5) is 10.5 Å². The Hall–Kier alpha value is -3.59. The molecule has 2 aromatic heterocycles. The Morgan fingerprint density at radius 3 is 2.85 bits per heavy atom. The number of unbranched alkanes of at least 4 members (excludes halogenated alkanes) is 1. The van der Waals surface area contributed by atoms with Crippen LogP contribution in [0.5, 0.6) is 17.4 Å². The number of carbonyl (C=O) groups is 1. The van der Waals surface area contributed by atoms with Gasteiger partial charge in [0.1, 0.15) is 19.3 Å². The molecular weight excluding hydrogens is 436 g/mol. The molecule has 0 radical (unpaired) electrons. The monoisotopic (exact) mass is 464 g/mol. The molecule has 1 fully saturated rings. The van der Waals surface area contributed by atoms with E-state index in [9.17, 15) is 4.79 Å². The zero-order valence-electron chi connectivity index (χ0n) is 19.1. The predicted molar refractivity (Wildman–Crippen MR) is 127 cm³/mol. The molecule has 2 aliphatic heterocycles. The topological polar surface area (TPSA) is 109 Å². The summed E-state index contributed by atoms with van der Waals surface area (Å²) in [5.41, 5.74) is 9.78. The van der Waals surface area contributed by atoms with Crippen molar-refractivity contribution < 1.29 is 23.7 Å². The Bertz CT molecular complexity index is 1190. The standard InChI is InChI=1S/C25H28N4O5/c1-31-23-9-7-20-24(28-23)18(10-11-27-20)19(26)5-3-2-4-17-15-29(25(30)34-17)16-6-8-21-22(14-16)33-13-12-32-21/h6-11,14,17,19H,2-5,12-13,15,26H2,1H3. The van der Waals surface area contributed by atoms with E-state index in [1.165, 1.54) is 0 Å². The quantitative estimate of drug-likeness (QED) is 0.499. The highest BCUT2D eigenvalue weighted by atomic mass is 16.6. The highest BCUT2D eigenvalue weighted by molar-refractivity contribution is 5.90. The molecule has 1 saturated heterocycles. The van der Waals surface area contributed by atoms with E-state index in [1.807, 2.05) is 30.3 Å². The van der Waals surface area contributed by atoms with Gasteiger partial charge in [-0.3, -0.25) is 9.88 Å². The maximum Gasteiger partial charge on any atom is 0.414 e. The van der Waals surface area contributed by atoms with Gasteiger partial charge in [0, 0.05) is 24.4 Å². The Labute approximate surface area is 197 Å². The maximum atomic E-state index is 12.4. The third-order valence-corrected chi connectivity index (χ3v) is 6.20. The molecule has 2 N–H and O–H groups in total. The summed E-state index contributed by atoms with van der Waals surface area (Å²) in [6.07, 6.45) is 4.67. The molecule has 1 aromatic carbocycles. The summed E-state index contributed by atoms with van der Waals surface area (Å²) < 4.78 is 22.0. The number of benzene rings is 1. The van der Waals surface area contributed by atoms with Crippen molar-refractivity contribution in [3.63, 3.8) is 0 Å². The molecule has 2 aliphatic rings. The maximum absolute atomic E-state index is 12.4. The minimum absolute atomic E-state index is 0.149. The van der Waals surface area contributed by atoms with Crippen LogP contribution >= 0.6 is 0 Å². The first-order valence-corrected chi connectivity index (χ1v) is 11.6. The van der Waals surface area contributed by atoms with Crippen LogP contribution in [0.15, 0.2) is 42.6 Å². The van der Waals surface area contributed by atoms with Gasteiger partial charge >= 0.3 is 6.09 Å². The third kappa shape index (κ3) is 4.56. The second kappa shape index (κ2) is 9.72. The van der Waals surface area contributed by atoms with Gasteiger partial charge < -0.3 is 24.7 Å². The van der Waals surface area contributed by atoms with Crippen LogP contribution in [-0.4, -0.2) is 49.0 Å². The van der Waals surface area contributed by atoms with Gasteiger partial charge in [0.25, 0.3) is 0 Å². The predicted octanol–water partition coefficient (Wildman–Crippen LogP) is 4.00. The van der Waals surface area contributed by atoms with Crippen LogP contribution in [0, 0.1) is 0 Å². The molecule has 2 unspecified atom stereocenters. The van der Waals surface area contributed by atoms with Gasteiger partial charge in [0.05, 0.1) is 30.4 Å². The van der Waals surface area contributed by atoms with E-state index < -0.39 is 0 Å². The minimum atomic E-state index is -0.332.